The summed E-state index contributed by atoms with van der Waals surface area (Å²) in [5.74, 6) is 0.344. The molecule has 140 valence electrons. The lowest BCUT2D eigenvalue weighted by atomic mass is 10.1. The summed E-state index contributed by atoms with van der Waals surface area (Å²) in [6, 6.07) is 20.7. The minimum absolute atomic E-state index is 0.270. The smallest absolute Gasteiger partial charge is 0.274 e. The van der Waals surface area contributed by atoms with Crippen molar-refractivity contribution in [2.75, 3.05) is 5.32 Å². The topological polar surface area (TPSA) is 85.1 Å². The number of rotatable bonds is 3. The Morgan fingerprint density at radius 2 is 1.76 bits per heavy atom. The highest BCUT2D eigenvalue weighted by atomic mass is 16.1. The van der Waals surface area contributed by atoms with Crippen molar-refractivity contribution in [3.63, 3.8) is 0 Å². The van der Waals surface area contributed by atoms with Crippen molar-refractivity contribution in [1.82, 2.24) is 24.8 Å². The number of fused-ring (bicyclic) bond motifs is 3. The predicted molar refractivity (Wildman–Crippen MR) is 111 cm³/mol. The number of pyridine rings is 1. The Labute approximate surface area is 166 Å². The molecule has 0 bridgehead atoms. The first-order valence-corrected chi connectivity index (χ1v) is 9.14. The van der Waals surface area contributed by atoms with Crippen LogP contribution in [0.15, 0.2) is 72.9 Å². The fourth-order valence-corrected chi connectivity index (χ4v) is 3.35. The Hall–Kier alpha value is -4.13. The maximum Gasteiger partial charge on any atom is 0.274 e. The van der Waals surface area contributed by atoms with Gasteiger partial charge in [-0.2, -0.15) is 9.61 Å². The number of aryl methyl sites for hydroxylation is 1. The molecule has 0 spiro atoms. The first kappa shape index (κ1) is 17.0. The van der Waals surface area contributed by atoms with Crippen molar-refractivity contribution in [3.8, 4) is 11.4 Å². The first-order chi connectivity index (χ1) is 14.2. The van der Waals surface area contributed by atoms with Crippen LogP contribution in [-0.4, -0.2) is 30.7 Å². The first-order valence-electron chi connectivity index (χ1n) is 9.14. The van der Waals surface area contributed by atoms with Crippen molar-refractivity contribution in [3.05, 3.63) is 84.3 Å². The van der Waals surface area contributed by atoms with Gasteiger partial charge < -0.3 is 5.32 Å². The van der Waals surface area contributed by atoms with Gasteiger partial charge in [-0.25, -0.2) is 0 Å². The van der Waals surface area contributed by atoms with Gasteiger partial charge in [0.25, 0.3) is 5.91 Å². The third-order valence-corrected chi connectivity index (χ3v) is 4.72. The zero-order chi connectivity index (χ0) is 19.8. The van der Waals surface area contributed by atoms with E-state index in [4.69, 9.17) is 0 Å². The molecule has 0 aliphatic heterocycles. The van der Waals surface area contributed by atoms with Gasteiger partial charge in [-0.15, -0.1) is 10.2 Å². The maximum atomic E-state index is 12.4. The second kappa shape index (κ2) is 6.79. The Morgan fingerprint density at radius 3 is 2.59 bits per heavy atom. The summed E-state index contributed by atoms with van der Waals surface area (Å²) in [5, 5.41) is 18.3. The molecule has 5 aromatic rings. The van der Waals surface area contributed by atoms with Gasteiger partial charge >= 0.3 is 0 Å². The molecule has 7 nitrogen and oxygen atoms in total. The van der Waals surface area contributed by atoms with Crippen molar-refractivity contribution >= 4 is 28.0 Å². The lowest BCUT2D eigenvalue weighted by molar-refractivity contribution is 0.102. The van der Waals surface area contributed by atoms with E-state index < -0.39 is 0 Å². The summed E-state index contributed by atoms with van der Waals surface area (Å²) in [6.07, 6.45) is 1.59. The second-order valence-electron chi connectivity index (χ2n) is 6.64. The number of nitrogens with one attached hydrogen (secondary N) is 1. The molecule has 29 heavy (non-hydrogen) atoms. The van der Waals surface area contributed by atoms with Crippen LogP contribution in [0.2, 0.25) is 0 Å². The Kier molecular flexibility index (Phi) is 3.98. The molecule has 0 unspecified atom stereocenters. The monoisotopic (exact) mass is 380 g/mol. The standard InChI is InChI=1S/C22H16N6O/c1-14-17-9-2-3-10-18(17)21-26-25-20(28(21)27-14)15-7-6-8-16(13-15)24-22(29)19-11-4-5-12-23-19/h2-13H,1H3,(H,24,29). The molecule has 7 heteroatoms. The van der Waals surface area contributed by atoms with Crippen LogP contribution in [0.4, 0.5) is 5.69 Å². The number of amides is 1. The highest BCUT2D eigenvalue weighted by Gasteiger charge is 2.15. The van der Waals surface area contributed by atoms with Gasteiger partial charge in [0.05, 0.1) is 5.69 Å². The van der Waals surface area contributed by atoms with E-state index in [0.29, 0.717) is 22.9 Å². The van der Waals surface area contributed by atoms with Crippen LogP contribution in [0.5, 0.6) is 0 Å². The van der Waals surface area contributed by atoms with Gasteiger partial charge in [-0.05, 0) is 31.2 Å². The van der Waals surface area contributed by atoms with Gasteiger partial charge in [0.2, 0.25) is 0 Å². The molecule has 0 fully saturated rings. The highest BCUT2D eigenvalue weighted by molar-refractivity contribution is 6.03. The summed E-state index contributed by atoms with van der Waals surface area (Å²) < 4.78 is 1.75. The molecule has 1 N–H and O–H groups in total. The summed E-state index contributed by atoms with van der Waals surface area (Å²) in [5.41, 5.74) is 3.40. The van der Waals surface area contributed by atoms with Crippen LogP contribution in [-0.2, 0) is 0 Å². The quantitative estimate of drug-likeness (QED) is 0.513. The maximum absolute atomic E-state index is 12.4. The molecule has 0 atom stereocenters. The second-order valence-corrected chi connectivity index (χ2v) is 6.64. The van der Waals surface area contributed by atoms with E-state index in [2.05, 4.69) is 25.6 Å². The number of anilines is 1. The molecule has 5 rings (SSSR count). The van der Waals surface area contributed by atoms with E-state index in [1.165, 1.54) is 0 Å². The van der Waals surface area contributed by atoms with Gasteiger partial charge in [-0.3, -0.25) is 9.78 Å². The van der Waals surface area contributed by atoms with Crippen LogP contribution in [0.3, 0.4) is 0 Å². The Morgan fingerprint density at radius 1 is 0.931 bits per heavy atom. The Bertz CT molecular complexity index is 1360. The van der Waals surface area contributed by atoms with Gasteiger partial charge in [0.1, 0.15) is 5.69 Å². The number of hydrogen-bond acceptors (Lipinski definition) is 5. The van der Waals surface area contributed by atoms with Crippen LogP contribution in [0.1, 0.15) is 16.2 Å². The van der Waals surface area contributed by atoms with Gasteiger partial charge in [0, 0.05) is 28.2 Å². The average Bonchev–Trinajstić information content (AvgIpc) is 3.19. The van der Waals surface area contributed by atoms with E-state index in [1.54, 1.807) is 28.9 Å². The number of hydrogen-bond donors (Lipinski definition) is 1. The van der Waals surface area contributed by atoms with Crippen molar-refractivity contribution < 1.29 is 4.79 Å². The summed E-state index contributed by atoms with van der Waals surface area (Å²) in [7, 11) is 0. The molecule has 3 heterocycles. The normalized spacial score (nSPS) is 11.1. The molecular weight excluding hydrogens is 364 g/mol. The fraction of sp³-hybridized carbons (Fsp3) is 0.0455. The van der Waals surface area contributed by atoms with Crippen LogP contribution in [0.25, 0.3) is 27.8 Å². The van der Waals surface area contributed by atoms with E-state index in [0.717, 1.165) is 22.0 Å². The van der Waals surface area contributed by atoms with Crippen molar-refractivity contribution in [1.29, 1.82) is 0 Å². The van der Waals surface area contributed by atoms with Gasteiger partial charge in [0.15, 0.2) is 11.5 Å². The molecule has 0 saturated heterocycles. The van der Waals surface area contributed by atoms with Crippen molar-refractivity contribution in [2.24, 2.45) is 0 Å². The number of aromatic nitrogens is 5. The minimum Gasteiger partial charge on any atom is -0.321 e. The average molecular weight is 380 g/mol. The molecule has 0 saturated carbocycles. The number of nitrogens with zero attached hydrogens (tertiary/aromatic N) is 5. The SMILES string of the molecule is Cc1nn2c(-c3cccc(NC(=O)c4ccccn4)c3)nnc2c2ccccc12. The number of carbonyl (C=O) groups excluding carboxylic acids is 1. The summed E-state index contributed by atoms with van der Waals surface area (Å²) >= 11 is 0. The van der Waals surface area contributed by atoms with E-state index >= 15 is 0 Å². The Balaban J connectivity index is 1.56. The third kappa shape index (κ3) is 2.98. The highest BCUT2D eigenvalue weighted by Crippen LogP contribution is 2.26. The zero-order valence-electron chi connectivity index (χ0n) is 15.6. The van der Waals surface area contributed by atoms with Crippen molar-refractivity contribution in [2.45, 2.75) is 6.92 Å². The molecule has 1 amide bonds. The molecule has 0 aliphatic carbocycles. The van der Waals surface area contributed by atoms with Crippen LogP contribution < -0.4 is 5.32 Å². The number of benzene rings is 2. The summed E-state index contributed by atoms with van der Waals surface area (Å²) in [6.45, 7) is 1.97. The largest absolute Gasteiger partial charge is 0.321 e. The van der Waals surface area contributed by atoms with Crippen LogP contribution in [0, 0.1) is 6.92 Å². The minimum atomic E-state index is -0.270. The summed E-state index contributed by atoms with van der Waals surface area (Å²) in [4.78, 5) is 16.5. The molecule has 3 aromatic heterocycles. The number of carbonyl (C=O) groups is 1. The molecule has 2 aromatic carbocycles. The lowest BCUT2D eigenvalue weighted by Gasteiger charge is -2.07. The molecular formula is C22H16N6O. The lowest BCUT2D eigenvalue weighted by Crippen LogP contribution is -2.13. The van der Waals surface area contributed by atoms with Gasteiger partial charge in [-0.1, -0.05) is 42.5 Å². The third-order valence-electron chi connectivity index (χ3n) is 4.72. The molecule has 0 aliphatic rings. The van der Waals surface area contributed by atoms with E-state index in [9.17, 15) is 4.79 Å². The van der Waals surface area contributed by atoms with E-state index in [1.807, 2.05) is 55.5 Å². The zero-order valence-corrected chi connectivity index (χ0v) is 15.6. The fourth-order valence-electron chi connectivity index (χ4n) is 3.35. The van der Waals surface area contributed by atoms with E-state index in [-0.39, 0.29) is 5.91 Å². The molecule has 0 radical (unpaired) electrons. The predicted octanol–water partition coefficient (Wildman–Crippen LogP) is 3.90. The van der Waals surface area contributed by atoms with Crippen LogP contribution >= 0.6 is 0 Å².